The van der Waals surface area contributed by atoms with Gasteiger partial charge in [-0.25, -0.2) is 4.39 Å². The number of piperazine rings is 1. The van der Waals surface area contributed by atoms with Crippen molar-refractivity contribution in [2.45, 2.75) is 25.7 Å². The van der Waals surface area contributed by atoms with Crippen molar-refractivity contribution in [3.8, 4) is 11.4 Å². The third kappa shape index (κ3) is 5.03. The second-order valence-corrected chi connectivity index (χ2v) is 8.66. The summed E-state index contributed by atoms with van der Waals surface area (Å²) in [5, 5.41) is 4.68. The molecular weight excluding hydrogens is 462 g/mol. The highest BCUT2D eigenvalue weighted by molar-refractivity contribution is 5.81. The fraction of sp³-hybridized carbons (Fsp3) is 0.320. The molecule has 182 valence electrons. The molecule has 35 heavy (non-hydrogen) atoms. The number of aromatic nitrogens is 3. The predicted molar refractivity (Wildman–Crippen MR) is 122 cm³/mol. The third-order valence-corrected chi connectivity index (χ3v) is 6.34. The molecule has 2 aromatic heterocycles. The molecule has 5 rings (SSSR count). The summed E-state index contributed by atoms with van der Waals surface area (Å²) in [5.41, 5.74) is 1.15. The van der Waals surface area contributed by atoms with Crippen LogP contribution in [0.1, 0.15) is 30.0 Å². The van der Waals surface area contributed by atoms with E-state index in [1.54, 1.807) is 12.3 Å². The SMILES string of the molecule is CC(c1nc(-c2cccc(C(F)(F)F)c2)no1)N1CCN(Cc2cc(F)cc3cccnc23)CC1. The van der Waals surface area contributed by atoms with Gasteiger partial charge in [-0.2, -0.15) is 18.2 Å². The van der Waals surface area contributed by atoms with Gasteiger partial charge in [0.05, 0.1) is 17.1 Å². The van der Waals surface area contributed by atoms with Gasteiger partial charge in [-0.15, -0.1) is 0 Å². The fourth-order valence-corrected chi connectivity index (χ4v) is 4.41. The van der Waals surface area contributed by atoms with E-state index in [-0.39, 0.29) is 23.2 Å². The van der Waals surface area contributed by atoms with Gasteiger partial charge in [0.15, 0.2) is 0 Å². The van der Waals surface area contributed by atoms with E-state index < -0.39 is 11.7 Å². The first-order chi connectivity index (χ1) is 16.8. The first-order valence-corrected chi connectivity index (χ1v) is 11.3. The Hall–Kier alpha value is -3.37. The molecular formula is C25H23F4N5O. The first-order valence-electron chi connectivity index (χ1n) is 11.3. The fourth-order valence-electron chi connectivity index (χ4n) is 4.41. The van der Waals surface area contributed by atoms with E-state index in [1.165, 1.54) is 24.3 Å². The van der Waals surface area contributed by atoms with Crippen LogP contribution < -0.4 is 0 Å². The van der Waals surface area contributed by atoms with Crippen molar-refractivity contribution in [3.05, 3.63) is 77.6 Å². The summed E-state index contributed by atoms with van der Waals surface area (Å²) >= 11 is 0. The zero-order valence-corrected chi connectivity index (χ0v) is 19.0. The lowest BCUT2D eigenvalue weighted by atomic mass is 10.1. The van der Waals surface area contributed by atoms with E-state index in [0.29, 0.717) is 12.4 Å². The van der Waals surface area contributed by atoms with Crippen LogP contribution in [0.3, 0.4) is 0 Å². The molecule has 0 N–H and O–H groups in total. The monoisotopic (exact) mass is 485 g/mol. The molecule has 2 aromatic carbocycles. The number of hydrogen-bond acceptors (Lipinski definition) is 6. The highest BCUT2D eigenvalue weighted by Crippen LogP contribution is 2.32. The van der Waals surface area contributed by atoms with Crippen molar-refractivity contribution in [1.29, 1.82) is 0 Å². The largest absolute Gasteiger partial charge is 0.416 e. The molecule has 1 atom stereocenters. The van der Waals surface area contributed by atoms with Crippen molar-refractivity contribution in [2.24, 2.45) is 0 Å². The molecule has 1 aliphatic rings. The number of halogens is 4. The predicted octanol–water partition coefficient (Wildman–Crippen LogP) is 5.32. The van der Waals surface area contributed by atoms with Crippen LogP contribution in [0.4, 0.5) is 17.6 Å². The minimum atomic E-state index is -4.44. The smallest absolute Gasteiger partial charge is 0.337 e. The Morgan fingerprint density at radius 1 is 1.03 bits per heavy atom. The van der Waals surface area contributed by atoms with Crippen molar-refractivity contribution in [3.63, 3.8) is 0 Å². The van der Waals surface area contributed by atoms with E-state index in [2.05, 4.69) is 24.9 Å². The quantitative estimate of drug-likeness (QED) is 0.357. The van der Waals surface area contributed by atoms with E-state index in [0.717, 1.165) is 54.8 Å². The number of nitrogens with zero attached hydrogens (tertiary/aromatic N) is 5. The molecule has 0 amide bonds. The minimum Gasteiger partial charge on any atom is -0.337 e. The van der Waals surface area contributed by atoms with Crippen molar-refractivity contribution in [2.75, 3.05) is 26.2 Å². The summed E-state index contributed by atoms with van der Waals surface area (Å²) in [6, 6.07) is 11.4. The third-order valence-electron chi connectivity index (χ3n) is 6.34. The van der Waals surface area contributed by atoms with Crippen LogP contribution in [0.2, 0.25) is 0 Å². The van der Waals surface area contributed by atoms with Gasteiger partial charge < -0.3 is 4.52 Å². The lowest BCUT2D eigenvalue weighted by Crippen LogP contribution is -2.46. The topological polar surface area (TPSA) is 58.3 Å². The Balaban J connectivity index is 1.24. The minimum absolute atomic E-state index is 0.127. The van der Waals surface area contributed by atoms with Crippen LogP contribution in [-0.2, 0) is 12.7 Å². The van der Waals surface area contributed by atoms with Gasteiger partial charge in [0.25, 0.3) is 0 Å². The normalized spacial score (nSPS) is 16.6. The highest BCUT2D eigenvalue weighted by Gasteiger charge is 2.31. The molecule has 6 nitrogen and oxygen atoms in total. The van der Waals surface area contributed by atoms with Gasteiger partial charge >= 0.3 is 6.18 Å². The summed E-state index contributed by atoms with van der Waals surface area (Å²) in [5.74, 6) is 0.203. The first kappa shape index (κ1) is 23.4. The molecule has 0 bridgehead atoms. The standard InChI is InChI=1S/C25H23F4N5O/c1-16(24-31-23(32-35-24)18-4-2-6-20(12-18)25(27,28)29)34-10-8-33(9-11-34)15-19-14-21(26)13-17-5-3-7-30-22(17)19/h2-7,12-14,16H,8-11,15H2,1H3. The summed E-state index contributed by atoms with van der Waals surface area (Å²) in [6.07, 6.45) is -2.73. The Labute approximate surface area is 199 Å². The van der Waals surface area contributed by atoms with Gasteiger partial charge in [0.1, 0.15) is 5.82 Å². The van der Waals surface area contributed by atoms with Crippen molar-refractivity contribution in [1.82, 2.24) is 24.9 Å². The number of alkyl halides is 3. The van der Waals surface area contributed by atoms with Gasteiger partial charge in [-0.3, -0.25) is 14.8 Å². The molecule has 1 fully saturated rings. The van der Waals surface area contributed by atoms with Crippen LogP contribution in [0.25, 0.3) is 22.3 Å². The van der Waals surface area contributed by atoms with Crippen LogP contribution in [0, 0.1) is 5.82 Å². The van der Waals surface area contributed by atoms with Crippen LogP contribution in [0.5, 0.6) is 0 Å². The maximum atomic E-state index is 14.1. The van der Waals surface area contributed by atoms with Gasteiger partial charge in [-0.1, -0.05) is 23.4 Å². The molecule has 0 radical (unpaired) electrons. The average molecular weight is 485 g/mol. The molecule has 1 unspecified atom stereocenters. The van der Waals surface area contributed by atoms with Crippen molar-refractivity contribution < 1.29 is 22.1 Å². The summed E-state index contributed by atoms with van der Waals surface area (Å²) in [6.45, 7) is 5.48. The molecule has 3 heterocycles. The molecule has 0 spiro atoms. The van der Waals surface area contributed by atoms with E-state index in [9.17, 15) is 17.6 Å². The van der Waals surface area contributed by atoms with Gasteiger partial charge in [0.2, 0.25) is 11.7 Å². The van der Waals surface area contributed by atoms with Gasteiger partial charge in [0, 0.05) is 49.9 Å². The zero-order valence-electron chi connectivity index (χ0n) is 19.0. The molecule has 1 saturated heterocycles. The zero-order chi connectivity index (χ0) is 24.6. The summed E-state index contributed by atoms with van der Waals surface area (Å²) in [7, 11) is 0. The van der Waals surface area contributed by atoms with E-state index in [1.807, 2.05) is 13.0 Å². The number of rotatable bonds is 5. The van der Waals surface area contributed by atoms with Gasteiger partial charge in [-0.05, 0) is 42.8 Å². The van der Waals surface area contributed by atoms with E-state index in [4.69, 9.17) is 4.52 Å². The maximum Gasteiger partial charge on any atom is 0.416 e. The highest BCUT2D eigenvalue weighted by atomic mass is 19.4. The molecule has 4 aromatic rings. The van der Waals surface area contributed by atoms with E-state index >= 15 is 0 Å². The van der Waals surface area contributed by atoms with Crippen LogP contribution >= 0.6 is 0 Å². The van der Waals surface area contributed by atoms with Crippen LogP contribution in [0.15, 0.2) is 59.3 Å². The van der Waals surface area contributed by atoms with Crippen LogP contribution in [-0.4, -0.2) is 51.1 Å². The lowest BCUT2D eigenvalue weighted by molar-refractivity contribution is -0.137. The molecule has 0 aliphatic carbocycles. The summed E-state index contributed by atoms with van der Waals surface area (Å²) in [4.78, 5) is 13.2. The Morgan fingerprint density at radius 2 is 1.83 bits per heavy atom. The Kier molecular flexibility index (Phi) is 6.24. The molecule has 1 aliphatic heterocycles. The molecule has 0 saturated carbocycles. The maximum absolute atomic E-state index is 14.1. The van der Waals surface area contributed by atoms with Crippen molar-refractivity contribution >= 4 is 10.9 Å². The molecule has 10 heteroatoms. The number of hydrogen-bond donors (Lipinski definition) is 0. The number of fused-ring (bicyclic) bond motifs is 1. The Bertz CT molecular complexity index is 1330. The summed E-state index contributed by atoms with van der Waals surface area (Å²) < 4.78 is 58.6. The lowest BCUT2D eigenvalue weighted by Gasteiger charge is -2.36. The second kappa shape index (κ2) is 9.35. The second-order valence-electron chi connectivity index (χ2n) is 8.66. The average Bonchev–Trinajstić information content (AvgIpc) is 3.34. The number of benzene rings is 2. The number of pyridine rings is 1. The Morgan fingerprint density at radius 3 is 2.60 bits per heavy atom.